The molecule has 2 saturated heterocycles. The van der Waals surface area contributed by atoms with E-state index in [2.05, 4.69) is 10.8 Å². The maximum absolute atomic E-state index is 12.0. The Morgan fingerprint density at radius 1 is 1.18 bits per heavy atom. The van der Waals surface area contributed by atoms with Crippen LogP contribution in [0, 0.1) is 18.3 Å². The van der Waals surface area contributed by atoms with Crippen LogP contribution in [0.5, 0.6) is 0 Å². The third kappa shape index (κ3) is 3.47. The van der Waals surface area contributed by atoms with Crippen molar-refractivity contribution >= 4 is 5.91 Å². The molecular formula is C14H22N2O. The predicted molar refractivity (Wildman–Crippen MR) is 68.4 cm³/mol. The second-order valence-corrected chi connectivity index (χ2v) is 5.22. The summed E-state index contributed by atoms with van der Waals surface area (Å²) in [6.45, 7) is 4.83. The van der Waals surface area contributed by atoms with Crippen LogP contribution >= 0.6 is 0 Å². The van der Waals surface area contributed by atoms with Crippen LogP contribution in [0.25, 0.3) is 0 Å². The van der Waals surface area contributed by atoms with Crippen LogP contribution in [-0.4, -0.2) is 48.4 Å². The van der Waals surface area contributed by atoms with Gasteiger partial charge in [0.05, 0.1) is 6.54 Å². The molecule has 94 valence electrons. The lowest BCUT2D eigenvalue weighted by atomic mass is 9.93. The second-order valence-electron chi connectivity index (χ2n) is 5.22. The van der Waals surface area contributed by atoms with Crippen LogP contribution in [0.4, 0.5) is 0 Å². The van der Waals surface area contributed by atoms with Gasteiger partial charge in [-0.15, -0.1) is 6.42 Å². The molecule has 0 unspecified atom stereocenters. The molecule has 0 saturated carbocycles. The zero-order valence-electron chi connectivity index (χ0n) is 10.5. The minimum absolute atomic E-state index is 0.373. The molecule has 2 aliphatic heterocycles. The van der Waals surface area contributed by atoms with Crippen LogP contribution in [0.2, 0.25) is 0 Å². The van der Waals surface area contributed by atoms with E-state index in [1.165, 1.54) is 12.8 Å². The van der Waals surface area contributed by atoms with Crippen LogP contribution in [-0.2, 0) is 4.79 Å². The average molecular weight is 234 g/mol. The van der Waals surface area contributed by atoms with Gasteiger partial charge >= 0.3 is 0 Å². The van der Waals surface area contributed by atoms with Crippen molar-refractivity contribution in [2.24, 2.45) is 5.92 Å². The fourth-order valence-electron chi connectivity index (χ4n) is 2.82. The zero-order chi connectivity index (χ0) is 12.1. The Morgan fingerprint density at radius 3 is 2.41 bits per heavy atom. The predicted octanol–water partition coefficient (Wildman–Crippen LogP) is 1.34. The van der Waals surface area contributed by atoms with Crippen LogP contribution < -0.4 is 0 Å². The van der Waals surface area contributed by atoms with Crippen molar-refractivity contribution in [3.63, 3.8) is 0 Å². The van der Waals surface area contributed by atoms with Gasteiger partial charge in [0.25, 0.3) is 0 Å². The first-order chi connectivity index (χ1) is 8.29. The molecule has 1 amide bonds. The number of hydrogen-bond donors (Lipinski definition) is 0. The summed E-state index contributed by atoms with van der Waals surface area (Å²) in [5, 5.41) is 0. The molecule has 0 radical (unpaired) electrons. The molecule has 0 bridgehead atoms. The molecular weight excluding hydrogens is 212 g/mol. The quantitative estimate of drug-likeness (QED) is 0.688. The van der Waals surface area contributed by atoms with Crippen molar-refractivity contribution in [2.75, 3.05) is 32.7 Å². The van der Waals surface area contributed by atoms with E-state index in [0.29, 0.717) is 11.8 Å². The van der Waals surface area contributed by atoms with E-state index in [1.807, 2.05) is 4.90 Å². The standard InChI is InChI=1S/C14H22N2O/c1-2-7-15-10-5-13(6-11-15)12-14(17)16-8-3-4-9-16/h1,13H,3-12H2. The Bertz CT molecular complexity index is 294. The highest BCUT2D eigenvalue weighted by Crippen LogP contribution is 2.22. The maximum atomic E-state index is 12.0. The Balaban J connectivity index is 1.70. The smallest absolute Gasteiger partial charge is 0.222 e. The van der Waals surface area contributed by atoms with E-state index >= 15 is 0 Å². The molecule has 0 aromatic carbocycles. The number of piperidine rings is 1. The highest BCUT2D eigenvalue weighted by Gasteiger charge is 2.24. The summed E-state index contributed by atoms with van der Waals surface area (Å²) in [6, 6.07) is 0. The fraction of sp³-hybridized carbons (Fsp3) is 0.786. The number of nitrogens with zero attached hydrogens (tertiary/aromatic N) is 2. The molecule has 2 aliphatic rings. The van der Waals surface area contributed by atoms with Crippen molar-refractivity contribution in [2.45, 2.75) is 32.1 Å². The average Bonchev–Trinajstić information content (AvgIpc) is 2.86. The molecule has 0 spiro atoms. The molecule has 0 aliphatic carbocycles. The van der Waals surface area contributed by atoms with Gasteiger partial charge < -0.3 is 4.90 Å². The number of hydrogen-bond acceptors (Lipinski definition) is 2. The lowest BCUT2D eigenvalue weighted by Gasteiger charge is -2.31. The third-order valence-corrected chi connectivity index (χ3v) is 3.94. The molecule has 2 rings (SSSR count). The summed E-state index contributed by atoms with van der Waals surface area (Å²) in [5.41, 5.74) is 0. The number of rotatable bonds is 3. The van der Waals surface area contributed by atoms with Crippen molar-refractivity contribution in [1.82, 2.24) is 9.80 Å². The van der Waals surface area contributed by atoms with Gasteiger partial charge in [-0.05, 0) is 44.7 Å². The Morgan fingerprint density at radius 2 is 1.82 bits per heavy atom. The fourth-order valence-corrected chi connectivity index (χ4v) is 2.82. The second kappa shape index (κ2) is 6.07. The van der Waals surface area contributed by atoms with Crippen molar-refractivity contribution in [3.05, 3.63) is 0 Å². The first-order valence-electron chi connectivity index (χ1n) is 6.73. The number of carbonyl (C=O) groups is 1. The highest BCUT2D eigenvalue weighted by molar-refractivity contribution is 5.76. The van der Waals surface area contributed by atoms with Gasteiger partial charge in [-0.25, -0.2) is 0 Å². The Kier molecular flexibility index (Phi) is 4.44. The van der Waals surface area contributed by atoms with E-state index in [9.17, 15) is 4.79 Å². The summed E-state index contributed by atoms with van der Waals surface area (Å²) >= 11 is 0. The maximum Gasteiger partial charge on any atom is 0.222 e. The van der Waals surface area contributed by atoms with Gasteiger partial charge in [0.1, 0.15) is 0 Å². The minimum atomic E-state index is 0.373. The van der Waals surface area contributed by atoms with Crippen molar-refractivity contribution in [3.8, 4) is 12.3 Å². The highest BCUT2D eigenvalue weighted by atomic mass is 16.2. The molecule has 2 heterocycles. The number of amides is 1. The van der Waals surface area contributed by atoms with Gasteiger partial charge in [-0.3, -0.25) is 9.69 Å². The van der Waals surface area contributed by atoms with E-state index in [0.717, 1.165) is 52.0 Å². The molecule has 17 heavy (non-hydrogen) atoms. The summed E-state index contributed by atoms with van der Waals surface area (Å²) in [5.74, 6) is 3.64. The third-order valence-electron chi connectivity index (χ3n) is 3.94. The Labute approximate surface area is 104 Å². The summed E-state index contributed by atoms with van der Waals surface area (Å²) in [4.78, 5) is 16.3. The van der Waals surface area contributed by atoms with Crippen LogP contribution in [0.3, 0.4) is 0 Å². The monoisotopic (exact) mass is 234 g/mol. The lowest BCUT2D eigenvalue weighted by molar-refractivity contribution is -0.131. The summed E-state index contributed by atoms with van der Waals surface area (Å²) < 4.78 is 0. The first-order valence-corrected chi connectivity index (χ1v) is 6.73. The van der Waals surface area contributed by atoms with Gasteiger partial charge in [0, 0.05) is 19.5 Å². The lowest BCUT2D eigenvalue weighted by Crippen LogP contribution is -2.36. The largest absolute Gasteiger partial charge is 0.343 e. The number of likely N-dealkylation sites (tertiary alicyclic amines) is 2. The van der Waals surface area contributed by atoms with E-state index < -0.39 is 0 Å². The molecule has 0 aromatic heterocycles. The molecule has 0 N–H and O–H groups in total. The van der Waals surface area contributed by atoms with Crippen LogP contribution in [0.15, 0.2) is 0 Å². The van der Waals surface area contributed by atoms with Gasteiger partial charge in [-0.1, -0.05) is 5.92 Å². The van der Waals surface area contributed by atoms with Crippen molar-refractivity contribution < 1.29 is 4.79 Å². The number of carbonyl (C=O) groups excluding carboxylic acids is 1. The first kappa shape index (κ1) is 12.4. The van der Waals surface area contributed by atoms with Gasteiger partial charge in [0.15, 0.2) is 0 Å². The van der Waals surface area contributed by atoms with E-state index in [-0.39, 0.29) is 0 Å². The molecule has 3 heteroatoms. The summed E-state index contributed by atoms with van der Waals surface area (Å²) in [7, 11) is 0. The topological polar surface area (TPSA) is 23.6 Å². The summed E-state index contributed by atoms with van der Waals surface area (Å²) in [6.07, 6.45) is 10.7. The molecule has 3 nitrogen and oxygen atoms in total. The SMILES string of the molecule is C#CCN1CCC(CC(=O)N2CCCC2)CC1. The zero-order valence-corrected chi connectivity index (χ0v) is 10.5. The van der Waals surface area contributed by atoms with Gasteiger partial charge in [0.2, 0.25) is 5.91 Å². The van der Waals surface area contributed by atoms with E-state index in [4.69, 9.17) is 6.42 Å². The number of terminal acetylenes is 1. The molecule has 2 fully saturated rings. The molecule has 0 atom stereocenters. The normalized spacial score (nSPS) is 22.6. The minimum Gasteiger partial charge on any atom is -0.343 e. The molecule has 0 aromatic rings. The van der Waals surface area contributed by atoms with E-state index in [1.54, 1.807) is 0 Å². The van der Waals surface area contributed by atoms with Crippen molar-refractivity contribution in [1.29, 1.82) is 0 Å². The Hall–Kier alpha value is -1.01. The van der Waals surface area contributed by atoms with Gasteiger partial charge in [-0.2, -0.15) is 0 Å². The van der Waals surface area contributed by atoms with Crippen LogP contribution in [0.1, 0.15) is 32.1 Å².